The van der Waals surface area contributed by atoms with Gasteiger partial charge in [-0.05, 0) is 37.3 Å². The molecule has 0 aliphatic carbocycles. The van der Waals surface area contributed by atoms with Crippen molar-refractivity contribution in [1.29, 1.82) is 0 Å². The van der Waals surface area contributed by atoms with Gasteiger partial charge in [0.1, 0.15) is 17.0 Å². The average molecular weight is 406 g/mol. The number of nitrogens with one attached hydrogen (secondary N) is 2. The molecule has 0 saturated heterocycles. The highest BCUT2D eigenvalue weighted by Gasteiger charge is 2.17. The molecular weight excluding hydrogens is 388 g/mol. The molecule has 0 unspecified atom stereocenters. The summed E-state index contributed by atoms with van der Waals surface area (Å²) >= 11 is 0. The van der Waals surface area contributed by atoms with Gasteiger partial charge >= 0.3 is 0 Å². The standard InChI is InChI=1S/C23H18N8/c1-13-26-12-19(31(13)2)15-3-4-17-16(11-15)21(30-29-17)23-27-18-7-10-25-20(22(18)28-23)14-5-8-24-9-6-14/h3-12H,1-2H3,(H,27,28)(H,29,30). The minimum Gasteiger partial charge on any atom is -0.336 e. The summed E-state index contributed by atoms with van der Waals surface area (Å²) in [5.74, 6) is 1.67. The van der Waals surface area contributed by atoms with Gasteiger partial charge in [0, 0.05) is 42.2 Å². The lowest BCUT2D eigenvalue weighted by Gasteiger charge is -2.04. The normalized spacial score (nSPS) is 11.5. The number of nitrogens with zero attached hydrogens (tertiary/aromatic N) is 6. The average Bonchev–Trinajstić information content (AvgIpc) is 3.50. The predicted octanol–water partition coefficient (Wildman–Crippen LogP) is 4.27. The highest BCUT2D eigenvalue weighted by Crippen LogP contribution is 2.32. The van der Waals surface area contributed by atoms with Crippen molar-refractivity contribution in [1.82, 2.24) is 39.7 Å². The molecule has 6 aromatic rings. The fourth-order valence-corrected chi connectivity index (χ4v) is 3.89. The summed E-state index contributed by atoms with van der Waals surface area (Å²) in [6, 6.07) is 12.0. The van der Waals surface area contributed by atoms with Crippen LogP contribution in [0.3, 0.4) is 0 Å². The van der Waals surface area contributed by atoms with E-state index in [1.54, 1.807) is 18.6 Å². The molecule has 8 nitrogen and oxygen atoms in total. The predicted molar refractivity (Wildman–Crippen MR) is 119 cm³/mol. The number of pyridine rings is 2. The van der Waals surface area contributed by atoms with Crippen molar-refractivity contribution in [3.05, 3.63) is 67.0 Å². The lowest BCUT2D eigenvalue weighted by Crippen LogP contribution is -1.94. The number of rotatable bonds is 3. The third-order valence-corrected chi connectivity index (χ3v) is 5.66. The van der Waals surface area contributed by atoms with Gasteiger partial charge in [-0.25, -0.2) is 9.97 Å². The Morgan fingerprint density at radius 1 is 0.871 bits per heavy atom. The number of hydrogen-bond donors (Lipinski definition) is 2. The first-order valence-corrected chi connectivity index (χ1v) is 9.91. The van der Waals surface area contributed by atoms with E-state index in [0.717, 1.165) is 56.0 Å². The van der Waals surface area contributed by atoms with E-state index in [-0.39, 0.29) is 0 Å². The van der Waals surface area contributed by atoms with E-state index in [2.05, 4.69) is 46.8 Å². The SMILES string of the molecule is Cc1ncc(-c2ccc3[nH]nc(-c4nc5c(-c6ccncc6)nccc5[nH]4)c3c2)n1C. The van der Waals surface area contributed by atoms with Crippen molar-refractivity contribution in [3.63, 3.8) is 0 Å². The third kappa shape index (κ3) is 2.72. The van der Waals surface area contributed by atoms with Crippen molar-refractivity contribution in [2.75, 3.05) is 0 Å². The Morgan fingerprint density at radius 3 is 2.55 bits per heavy atom. The molecule has 0 amide bonds. The summed E-state index contributed by atoms with van der Waals surface area (Å²) in [4.78, 5) is 21.3. The van der Waals surface area contributed by atoms with Crippen molar-refractivity contribution in [3.8, 4) is 34.0 Å². The van der Waals surface area contributed by atoms with Crippen LogP contribution in [0.1, 0.15) is 5.82 Å². The van der Waals surface area contributed by atoms with Crippen LogP contribution in [0, 0.1) is 6.92 Å². The fourth-order valence-electron chi connectivity index (χ4n) is 3.89. The Labute approximate surface area is 177 Å². The summed E-state index contributed by atoms with van der Waals surface area (Å²) in [6.07, 6.45) is 7.19. The van der Waals surface area contributed by atoms with E-state index in [9.17, 15) is 0 Å². The zero-order valence-electron chi connectivity index (χ0n) is 17.0. The molecule has 5 aromatic heterocycles. The minimum atomic E-state index is 0.697. The number of aromatic amines is 2. The van der Waals surface area contributed by atoms with Crippen LogP contribution in [0.4, 0.5) is 0 Å². The van der Waals surface area contributed by atoms with Gasteiger partial charge in [0.25, 0.3) is 0 Å². The number of aryl methyl sites for hydroxylation is 1. The van der Waals surface area contributed by atoms with Gasteiger partial charge in [0.15, 0.2) is 5.82 Å². The summed E-state index contributed by atoms with van der Waals surface area (Å²) in [5.41, 5.74) is 7.35. The molecule has 31 heavy (non-hydrogen) atoms. The Balaban J connectivity index is 1.52. The number of H-pyrrole nitrogens is 2. The number of benzene rings is 1. The Morgan fingerprint density at radius 2 is 1.74 bits per heavy atom. The van der Waals surface area contributed by atoms with Crippen LogP contribution in [0.25, 0.3) is 56.0 Å². The van der Waals surface area contributed by atoms with E-state index in [0.29, 0.717) is 5.82 Å². The van der Waals surface area contributed by atoms with Crippen LogP contribution in [0.15, 0.2) is 61.2 Å². The molecule has 0 spiro atoms. The van der Waals surface area contributed by atoms with Gasteiger partial charge in [-0.15, -0.1) is 0 Å². The van der Waals surface area contributed by atoms with Crippen LogP contribution in [0.2, 0.25) is 0 Å². The molecule has 0 atom stereocenters. The van der Waals surface area contributed by atoms with Crippen LogP contribution < -0.4 is 0 Å². The topological polar surface area (TPSA) is 101 Å². The number of imidazole rings is 2. The van der Waals surface area contributed by atoms with E-state index < -0.39 is 0 Å². The molecule has 5 heterocycles. The van der Waals surface area contributed by atoms with Crippen LogP contribution in [-0.4, -0.2) is 39.7 Å². The highest BCUT2D eigenvalue weighted by atomic mass is 15.1. The van der Waals surface area contributed by atoms with Crippen molar-refractivity contribution in [2.45, 2.75) is 6.92 Å². The van der Waals surface area contributed by atoms with E-state index in [1.807, 2.05) is 44.4 Å². The van der Waals surface area contributed by atoms with Crippen molar-refractivity contribution in [2.24, 2.45) is 7.05 Å². The van der Waals surface area contributed by atoms with E-state index >= 15 is 0 Å². The van der Waals surface area contributed by atoms with Gasteiger partial charge in [-0.1, -0.05) is 6.07 Å². The smallest absolute Gasteiger partial charge is 0.159 e. The zero-order valence-corrected chi connectivity index (χ0v) is 17.0. The van der Waals surface area contributed by atoms with E-state index in [4.69, 9.17) is 4.98 Å². The summed E-state index contributed by atoms with van der Waals surface area (Å²) < 4.78 is 2.08. The lowest BCUT2D eigenvalue weighted by molar-refractivity contribution is 0.865. The van der Waals surface area contributed by atoms with Crippen LogP contribution in [0.5, 0.6) is 0 Å². The molecule has 8 heteroatoms. The van der Waals surface area contributed by atoms with Gasteiger partial charge in [-0.3, -0.25) is 15.1 Å². The summed E-state index contributed by atoms with van der Waals surface area (Å²) in [6.45, 7) is 1.99. The molecule has 2 N–H and O–H groups in total. The van der Waals surface area contributed by atoms with Crippen molar-refractivity contribution >= 4 is 21.9 Å². The molecule has 0 aliphatic heterocycles. The van der Waals surface area contributed by atoms with Gasteiger partial charge < -0.3 is 9.55 Å². The maximum Gasteiger partial charge on any atom is 0.159 e. The second kappa shape index (κ2) is 6.60. The van der Waals surface area contributed by atoms with Gasteiger partial charge in [0.05, 0.1) is 28.6 Å². The quantitative estimate of drug-likeness (QED) is 0.457. The largest absolute Gasteiger partial charge is 0.336 e. The van der Waals surface area contributed by atoms with E-state index in [1.165, 1.54) is 0 Å². The maximum atomic E-state index is 4.87. The Kier molecular flexibility index (Phi) is 3.73. The summed E-state index contributed by atoms with van der Waals surface area (Å²) in [5, 5.41) is 8.67. The van der Waals surface area contributed by atoms with Crippen molar-refractivity contribution < 1.29 is 0 Å². The highest BCUT2D eigenvalue weighted by molar-refractivity contribution is 5.97. The molecule has 0 fully saturated rings. The third-order valence-electron chi connectivity index (χ3n) is 5.66. The monoisotopic (exact) mass is 406 g/mol. The molecular formula is C23H18N8. The molecule has 0 radical (unpaired) electrons. The Bertz CT molecular complexity index is 1560. The fraction of sp³-hybridized carbons (Fsp3) is 0.0870. The second-order valence-corrected chi connectivity index (χ2v) is 7.46. The second-order valence-electron chi connectivity index (χ2n) is 7.46. The zero-order chi connectivity index (χ0) is 20.9. The van der Waals surface area contributed by atoms with Gasteiger partial charge in [0.2, 0.25) is 0 Å². The molecule has 1 aromatic carbocycles. The first-order chi connectivity index (χ1) is 15.2. The number of fused-ring (bicyclic) bond motifs is 2. The minimum absolute atomic E-state index is 0.697. The lowest BCUT2D eigenvalue weighted by atomic mass is 10.1. The van der Waals surface area contributed by atoms with Crippen LogP contribution >= 0.6 is 0 Å². The van der Waals surface area contributed by atoms with Gasteiger partial charge in [-0.2, -0.15) is 5.10 Å². The Hall–Kier alpha value is -4.33. The van der Waals surface area contributed by atoms with Crippen LogP contribution in [-0.2, 0) is 7.05 Å². The molecule has 150 valence electrons. The first-order valence-electron chi connectivity index (χ1n) is 9.91. The molecule has 0 aliphatic rings. The number of aromatic nitrogens is 8. The molecule has 0 saturated carbocycles. The number of hydrogen-bond acceptors (Lipinski definition) is 5. The maximum absolute atomic E-state index is 4.87. The first kappa shape index (κ1) is 17.5. The molecule has 0 bridgehead atoms. The molecule has 6 rings (SSSR count). The summed E-state index contributed by atoms with van der Waals surface area (Å²) in [7, 11) is 2.02.